The van der Waals surface area contributed by atoms with Crippen LogP contribution in [0.2, 0.25) is 12.1 Å². The zero-order valence-corrected chi connectivity index (χ0v) is 18.5. The fourth-order valence-corrected chi connectivity index (χ4v) is 5.93. The molecule has 0 fully saturated rings. The van der Waals surface area contributed by atoms with Crippen LogP contribution in [-0.4, -0.2) is 21.3 Å². The van der Waals surface area contributed by atoms with Crippen molar-refractivity contribution in [3.63, 3.8) is 0 Å². The van der Waals surface area contributed by atoms with Crippen molar-refractivity contribution in [2.45, 2.75) is 130 Å². The molecular weight excluding hydrogens is 312 g/mol. The number of hydrogen-bond acceptors (Lipinski definition) is 2. The van der Waals surface area contributed by atoms with Gasteiger partial charge in [0.15, 0.2) is 0 Å². The van der Waals surface area contributed by atoms with E-state index in [0.717, 1.165) is 18.7 Å². The van der Waals surface area contributed by atoms with Crippen molar-refractivity contribution in [2.75, 3.05) is 6.61 Å². The van der Waals surface area contributed by atoms with Gasteiger partial charge >= 0.3 is 8.56 Å². The number of hydrogen-bond donors (Lipinski definition) is 0. The third-order valence-electron chi connectivity index (χ3n) is 5.07. The molecule has 2 nitrogen and oxygen atoms in total. The zero-order valence-electron chi connectivity index (χ0n) is 17.5. The van der Waals surface area contributed by atoms with E-state index in [1.54, 1.807) is 0 Å². The first-order chi connectivity index (χ1) is 11.6. The molecule has 0 aliphatic carbocycles. The van der Waals surface area contributed by atoms with Crippen LogP contribution in [0.4, 0.5) is 0 Å². The van der Waals surface area contributed by atoms with Crippen molar-refractivity contribution in [3.05, 3.63) is 0 Å². The molecule has 24 heavy (non-hydrogen) atoms. The minimum Gasteiger partial charge on any atom is -0.394 e. The van der Waals surface area contributed by atoms with Crippen molar-refractivity contribution in [2.24, 2.45) is 0 Å². The van der Waals surface area contributed by atoms with E-state index in [1.807, 2.05) is 0 Å². The smallest absolute Gasteiger partial charge is 0.337 e. The molecule has 1 unspecified atom stereocenters. The van der Waals surface area contributed by atoms with Gasteiger partial charge in [0.1, 0.15) is 0 Å². The largest absolute Gasteiger partial charge is 0.394 e. The minimum absolute atomic E-state index is 0.364. The summed E-state index contributed by atoms with van der Waals surface area (Å²) < 4.78 is 12.9. The van der Waals surface area contributed by atoms with E-state index in [4.69, 9.17) is 8.85 Å². The summed E-state index contributed by atoms with van der Waals surface area (Å²) in [6.07, 6.45) is 16.2. The Balaban J connectivity index is 3.96. The Kier molecular flexibility index (Phi) is 16.7. The van der Waals surface area contributed by atoms with Crippen LogP contribution in [-0.2, 0) is 8.85 Å². The van der Waals surface area contributed by atoms with Crippen LogP contribution >= 0.6 is 0 Å². The lowest BCUT2D eigenvalue weighted by molar-refractivity contribution is 0.114. The van der Waals surface area contributed by atoms with Gasteiger partial charge in [-0.2, -0.15) is 0 Å². The number of unbranched alkanes of at least 4 members (excludes halogenated alkanes) is 9. The Morgan fingerprint density at radius 1 is 0.667 bits per heavy atom. The molecule has 0 bridgehead atoms. The standard InChI is InChI=1S/C21H46O2Si/c1-6-10-12-14-15-17-19-21(5)23-24(8-3,9-4)22-20-18-16-13-11-7-2/h21H,6-20H2,1-5H3. The molecule has 0 aromatic heterocycles. The molecular formula is C21H46O2Si. The third-order valence-corrected chi connectivity index (χ3v) is 8.79. The van der Waals surface area contributed by atoms with Gasteiger partial charge in [-0.05, 0) is 31.9 Å². The van der Waals surface area contributed by atoms with E-state index in [1.165, 1.54) is 77.0 Å². The van der Waals surface area contributed by atoms with Crippen molar-refractivity contribution in [1.82, 2.24) is 0 Å². The highest BCUT2D eigenvalue weighted by atomic mass is 28.4. The Labute approximate surface area is 154 Å². The van der Waals surface area contributed by atoms with E-state index in [2.05, 4.69) is 34.6 Å². The monoisotopic (exact) mass is 358 g/mol. The van der Waals surface area contributed by atoms with Crippen LogP contribution in [0.3, 0.4) is 0 Å². The fraction of sp³-hybridized carbons (Fsp3) is 1.00. The first-order valence-corrected chi connectivity index (χ1v) is 13.2. The summed E-state index contributed by atoms with van der Waals surface area (Å²) in [5.41, 5.74) is 0. The molecule has 1 atom stereocenters. The first kappa shape index (κ1) is 24.1. The van der Waals surface area contributed by atoms with Gasteiger partial charge < -0.3 is 8.85 Å². The molecule has 0 heterocycles. The summed E-state index contributed by atoms with van der Waals surface area (Å²) in [6, 6.07) is 2.17. The quantitative estimate of drug-likeness (QED) is 0.185. The van der Waals surface area contributed by atoms with Crippen molar-refractivity contribution < 1.29 is 8.85 Å². The van der Waals surface area contributed by atoms with Crippen LogP contribution in [0.15, 0.2) is 0 Å². The van der Waals surface area contributed by atoms with Gasteiger partial charge in [0.25, 0.3) is 0 Å². The van der Waals surface area contributed by atoms with E-state index in [-0.39, 0.29) is 0 Å². The fourth-order valence-electron chi connectivity index (χ4n) is 3.26. The summed E-state index contributed by atoms with van der Waals surface area (Å²) in [4.78, 5) is 0. The summed E-state index contributed by atoms with van der Waals surface area (Å²) in [6.45, 7) is 12.2. The molecule has 0 amide bonds. The highest BCUT2D eigenvalue weighted by molar-refractivity contribution is 6.67. The topological polar surface area (TPSA) is 18.5 Å². The predicted octanol–water partition coefficient (Wildman–Crippen LogP) is 7.61. The lowest BCUT2D eigenvalue weighted by Crippen LogP contribution is -2.43. The van der Waals surface area contributed by atoms with Gasteiger partial charge in [0.05, 0.1) is 0 Å². The molecule has 0 aromatic carbocycles. The van der Waals surface area contributed by atoms with Crippen molar-refractivity contribution in [1.29, 1.82) is 0 Å². The highest BCUT2D eigenvalue weighted by Gasteiger charge is 2.35. The Morgan fingerprint density at radius 3 is 1.71 bits per heavy atom. The van der Waals surface area contributed by atoms with Gasteiger partial charge in [-0.1, -0.05) is 91.9 Å². The summed E-state index contributed by atoms with van der Waals surface area (Å²) in [5, 5.41) is 0. The zero-order chi connectivity index (χ0) is 18.1. The predicted molar refractivity (Wildman–Crippen MR) is 110 cm³/mol. The number of rotatable bonds is 18. The maximum Gasteiger partial charge on any atom is 0.337 e. The van der Waals surface area contributed by atoms with E-state index < -0.39 is 8.56 Å². The second-order valence-electron chi connectivity index (χ2n) is 7.37. The second kappa shape index (κ2) is 16.6. The summed E-state index contributed by atoms with van der Waals surface area (Å²) >= 11 is 0. The molecule has 3 heteroatoms. The average Bonchev–Trinajstić information content (AvgIpc) is 2.60. The van der Waals surface area contributed by atoms with E-state index in [9.17, 15) is 0 Å². The lowest BCUT2D eigenvalue weighted by atomic mass is 10.1. The van der Waals surface area contributed by atoms with Crippen molar-refractivity contribution >= 4 is 8.56 Å². The molecule has 0 aliphatic rings. The van der Waals surface area contributed by atoms with Gasteiger partial charge in [-0.15, -0.1) is 0 Å². The summed E-state index contributed by atoms with van der Waals surface area (Å²) in [7, 11) is -1.96. The van der Waals surface area contributed by atoms with Gasteiger partial charge in [0.2, 0.25) is 0 Å². The first-order valence-electron chi connectivity index (χ1n) is 11.0. The van der Waals surface area contributed by atoms with Crippen molar-refractivity contribution in [3.8, 4) is 0 Å². The molecule has 0 spiro atoms. The molecule has 0 saturated carbocycles. The molecule has 0 aromatic rings. The van der Waals surface area contributed by atoms with Gasteiger partial charge in [-0.25, -0.2) is 0 Å². The Hall–Kier alpha value is 0.137. The Morgan fingerprint density at radius 2 is 1.17 bits per heavy atom. The van der Waals surface area contributed by atoms with Crippen LogP contribution in [0, 0.1) is 0 Å². The molecule has 0 N–H and O–H groups in total. The minimum atomic E-state index is -1.96. The average molecular weight is 359 g/mol. The third kappa shape index (κ3) is 12.5. The Bertz CT molecular complexity index is 254. The molecule has 146 valence electrons. The van der Waals surface area contributed by atoms with Crippen LogP contribution in [0.5, 0.6) is 0 Å². The van der Waals surface area contributed by atoms with Crippen LogP contribution < -0.4 is 0 Å². The molecule has 0 saturated heterocycles. The molecule has 0 rings (SSSR count). The molecule has 0 aliphatic heterocycles. The second-order valence-corrected chi connectivity index (χ2v) is 11.1. The van der Waals surface area contributed by atoms with E-state index in [0.29, 0.717) is 6.10 Å². The maximum atomic E-state index is 6.51. The van der Waals surface area contributed by atoms with Gasteiger partial charge in [-0.3, -0.25) is 0 Å². The lowest BCUT2D eigenvalue weighted by Gasteiger charge is -2.32. The normalized spacial score (nSPS) is 13.4. The highest BCUT2D eigenvalue weighted by Crippen LogP contribution is 2.23. The van der Waals surface area contributed by atoms with Gasteiger partial charge in [0, 0.05) is 12.7 Å². The maximum absolute atomic E-state index is 6.51. The van der Waals surface area contributed by atoms with Crippen LogP contribution in [0.25, 0.3) is 0 Å². The van der Waals surface area contributed by atoms with E-state index >= 15 is 0 Å². The van der Waals surface area contributed by atoms with Crippen LogP contribution in [0.1, 0.15) is 112 Å². The summed E-state index contributed by atoms with van der Waals surface area (Å²) in [5.74, 6) is 0. The molecule has 0 radical (unpaired) electrons. The SMILES string of the molecule is CCCCCCCCC(C)O[Si](CC)(CC)OCCCCCCC.